The normalized spacial score (nSPS) is 15.6. The van der Waals surface area contributed by atoms with Gasteiger partial charge < -0.3 is 14.8 Å². The van der Waals surface area contributed by atoms with E-state index in [9.17, 15) is 4.79 Å². The van der Waals surface area contributed by atoms with E-state index in [4.69, 9.17) is 0 Å². The molecule has 0 radical (unpaired) electrons. The average molecular weight is 413 g/mol. The van der Waals surface area contributed by atoms with Gasteiger partial charge in [0.15, 0.2) is 0 Å². The van der Waals surface area contributed by atoms with Crippen molar-refractivity contribution in [3.63, 3.8) is 0 Å². The Bertz CT molecular complexity index is 1240. The molecule has 4 aromatic rings. The van der Waals surface area contributed by atoms with Crippen LogP contribution in [-0.2, 0) is 13.1 Å². The molecule has 5 nitrogen and oxygen atoms in total. The molecule has 5 heteroatoms. The van der Waals surface area contributed by atoms with E-state index in [1.165, 1.54) is 16.3 Å². The minimum absolute atomic E-state index is 0.0486. The summed E-state index contributed by atoms with van der Waals surface area (Å²) in [6.07, 6.45) is 5.84. The van der Waals surface area contributed by atoms with Crippen molar-refractivity contribution < 1.29 is 0 Å². The fourth-order valence-corrected chi connectivity index (χ4v) is 4.58. The Kier molecular flexibility index (Phi) is 5.78. The lowest BCUT2D eigenvalue weighted by molar-refractivity contribution is 0.191. The van der Waals surface area contributed by atoms with Crippen molar-refractivity contribution in [2.45, 2.75) is 32.0 Å². The van der Waals surface area contributed by atoms with Crippen LogP contribution in [0.3, 0.4) is 0 Å². The second kappa shape index (κ2) is 9.00. The number of rotatable bonds is 6. The first-order valence-corrected chi connectivity index (χ1v) is 11.1. The highest BCUT2D eigenvalue weighted by Gasteiger charge is 2.19. The lowest BCUT2D eigenvalue weighted by atomic mass is 10.0. The molecule has 1 N–H and O–H groups in total. The van der Waals surface area contributed by atoms with Crippen molar-refractivity contribution >= 4 is 21.7 Å². The summed E-state index contributed by atoms with van der Waals surface area (Å²) in [5, 5.41) is 7.40. The third-order valence-corrected chi connectivity index (χ3v) is 6.43. The van der Waals surface area contributed by atoms with E-state index in [-0.39, 0.29) is 5.56 Å². The van der Waals surface area contributed by atoms with Gasteiger partial charge in [0.05, 0.1) is 11.7 Å². The van der Waals surface area contributed by atoms with Gasteiger partial charge in [-0.3, -0.25) is 9.78 Å². The van der Waals surface area contributed by atoms with Gasteiger partial charge in [0.2, 0.25) is 0 Å². The number of fused-ring (bicyclic) bond motifs is 2. The summed E-state index contributed by atoms with van der Waals surface area (Å²) in [7, 11) is 0. The quantitative estimate of drug-likeness (QED) is 0.523. The summed E-state index contributed by atoms with van der Waals surface area (Å²) in [6, 6.07) is 21.3. The van der Waals surface area contributed by atoms with Gasteiger partial charge in [-0.25, -0.2) is 0 Å². The fourth-order valence-electron chi connectivity index (χ4n) is 4.58. The molecular weight excluding hydrogens is 384 g/mol. The van der Waals surface area contributed by atoms with Gasteiger partial charge in [-0.15, -0.1) is 0 Å². The lowest BCUT2D eigenvalue weighted by Gasteiger charge is -2.32. The van der Waals surface area contributed by atoms with Crippen molar-refractivity contribution in [3.05, 3.63) is 89.0 Å². The van der Waals surface area contributed by atoms with Gasteiger partial charge in [0.1, 0.15) is 0 Å². The first-order chi connectivity index (χ1) is 15.3. The first kappa shape index (κ1) is 19.9. The molecule has 2 aromatic heterocycles. The van der Waals surface area contributed by atoms with E-state index in [0.717, 1.165) is 49.9 Å². The number of likely N-dealkylation sites (tertiary alicyclic amines) is 1. The molecule has 2 aromatic carbocycles. The number of nitrogens with one attached hydrogen (secondary N) is 1. The van der Waals surface area contributed by atoms with Crippen LogP contribution in [0.4, 0.5) is 0 Å². The van der Waals surface area contributed by atoms with Gasteiger partial charge in [-0.1, -0.05) is 36.4 Å². The van der Waals surface area contributed by atoms with Crippen LogP contribution in [-0.4, -0.2) is 40.1 Å². The standard InChI is InChI=1S/C26H28N4O/c31-26-8-7-22-9-12-27-19-25(22)30(26)16-15-29-13-10-24(11-14-29)28-18-20-5-6-21-3-1-2-4-23(21)17-20/h1-9,12,17,19,24,28H,10-11,13-16,18H2. The SMILES string of the molecule is O=c1ccc2ccncc2n1CCN1CCC(NCc2ccc3ccccc3c2)CC1. The van der Waals surface area contributed by atoms with Crippen LogP contribution < -0.4 is 10.9 Å². The predicted octanol–water partition coefficient (Wildman–Crippen LogP) is 3.80. The van der Waals surface area contributed by atoms with Crippen molar-refractivity contribution in [1.29, 1.82) is 0 Å². The Morgan fingerprint density at radius 3 is 2.58 bits per heavy atom. The molecule has 1 fully saturated rings. The van der Waals surface area contributed by atoms with Gasteiger partial charge in [-0.05, 0) is 60.5 Å². The fraction of sp³-hybridized carbons (Fsp3) is 0.308. The minimum atomic E-state index is 0.0486. The molecule has 0 saturated carbocycles. The first-order valence-electron chi connectivity index (χ1n) is 11.1. The highest BCUT2D eigenvalue weighted by Crippen LogP contribution is 2.17. The summed E-state index contributed by atoms with van der Waals surface area (Å²) in [5.74, 6) is 0. The molecule has 0 atom stereocenters. The summed E-state index contributed by atoms with van der Waals surface area (Å²) in [6.45, 7) is 4.64. The molecule has 0 amide bonds. The second-order valence-corrected chi connectivity index (χ2v) is 8.44. The number of hydrogen-bond donors (Lipinski definition) is 1. The van der Waals surface area contributed by atoms with Gasteiger partial charge in [0.25, 0.3) is 5.56 Å². The third kappa shape index (κ3) is 4.53. The third-order valence-electron chi connectivity index (χ3n) is 6.43. The molecule has 1 aliphatic rings. The van der Waals surface area contributed by atoms with Crippen molar-refractivity contribution in [1.82, 2.24) is 19.8 Å². The Morgan fingerprint density at radius 1 is 0.903 bits per heavy atom. The van der Waals surface area contributed by atoms with Crippen LogP contribution in [0, 0.1) is 0 Å². The van der Waals surface area contributed by atoms with E-state index < -0.39 is 0 Å². The monoisotopic (exact) mass is 412 g/mol. The molecule has 31 heavy (non-hydrogen) atoms. The van der Waals surface area contributed by atoms with Crippen molar-refractivity contribution in [2.75, 3.05) is 19.6 Å². The highest BCUT2D eigenvalue weighted by molar-refractivity contribution is 5.83. The van der Waals surface area contributed by atoms with Crippen LogP contribution in [0.15, 0.2) is 77.9 Å². The molecule has 158 valence electrons. The molecule has 0 unspecified atom stereocenters. The zero-order valence-corrected chi connectivity index (χ0v) is 17.7. The van der Waals surface area contributed by atoms with Crippen LogP contribution >= 0.6 is 0 Å². The predicted molar refractivity (Wildman–Crippen MR) is 126 cm³/mol. The second-order valence-electron chi connectivity index (χ2n) is 8.44. The maximum absolute atomic E-state index is 12.4. The van der Waals surface area contributed by atoms with Gasteiger partial charge >= 0.3 is 0 Å². The Morgan fingerprint density at radius 2 is 1.71 bits per heavy atom. The number of aromatic nitrogens is 2. The molecular formula is C26H28N4O. The molecule has 0 aliphatic carbocycles. The van der Waals surface area contributed by atoms with Crippen LogP contribution in [0.1, 0.15) is 18.4 Å². The molecule has 0 spiro atoms. The number of hydrogen-bond acceptors (Lipinski definition) is 4. The maximum atomic E-state index is 12.4. The topological polar surface area (TPSA) is 50.2 Å². The van der Waals surface area contributed by atoms with E-state index in [1.54, 1.807) is 18.5 Å². The number of benzene rings is 2. The summed E-state index contributed by atoms with van der Waals surface area (Å²) < 4.78 is 1.85. The Labute approximate surface area is 182 Å². The smallest absolute Gasteiger partial charge is 0.251 e. The van der Waals surface area contributed by atoms with Crippen molar-refractivity contribution in [3.8, 4) is 0 Å². The summed E-state index contributed by atoms with van der Waals surface area (Å²) in [4.78, 5) is 19.0. The lowest BCUT2D eigenvalue weighted by Crippen LogP contribution is -2.43. The average Bonchev–Trinajstić information content (AvgIpc) is 2.82. The van der Waals surface area contributed by atoms with E-state index in [1.807, 2.05) is 16.7 Å². The minimum Gasteiger partial charge on any atom is -0.310 e. The van der Waals surface area contributed by atoms with E-state index in [0.29, 0.717) is 12.6 Å². The van der Waals surface area contributed by atoms with E-state index >= 15 is 0 Å². The molecule has 1 aliphatic heterocycles. The zero-order valence-electron chi connectivity index (χ0n) is 17.7. The Balaban J connectivity index is 1.13. The Hall–Kier alpha value is -3.02. The van der Waals surface area contributed by atoms with Gasteiger partial charge in [0, 0.05) is 43.3 Å². The van der Waals surface area contributed by atoms with Crippen LogP contribution in [0.5, 0.6) is 0 Å². The zero-order chi connectivity index (χ0) is 21.0. The summed E-state index contributed by atoms with van der Waals surface area (Å²) in [5.41, 5.74) is 2.31. The molecule has 0 bridgehead atoms. The largest absolute Gasteiger partial charge is 0.310 e. The number of piperidine rings is 1. The van der Waals surface area contributed by atoms with Crippen LogP contribution in [0.25, 0.3) is 21.7 Å². The molecule has 3 heterocycles. The molecule has 5 rings (SSSR count). The van der Waals surface area contributed by atoms with Crippen LogP contribution in [0.2, 0.25) is 0 Å². The van der Waals surface area contributed by atoms with E-state index in [2.05, 4.69) is 57.7 Å². The summed E-state index contributed by atoms with van der Waals surface area (Å²) >= 11 is 0. The number of pyridine rings is 2. The highest BCUT2D eigenvalue weighted by atomic mass is 16.1. The van der Waals surface area contributed by atoms with Gasteiger partial charge in [-0.2, -0.15) is 0 Å². The number of nitrogens with zero attached hydrogens (tertiary/aromatic N) is 3. The van der Waals surface area contributed by atoms with Crippen molar-refractivity contribution in [2.24, 2.45) is 0 Å². The maximum Gasteiger partial charge on any atom is 0.251 e. The molecule has 1 saturated heterocycles.